The highest BCUT2D eigenvalue weighted by Crippen LogP contribution is 2.27. The van der Waals surface area contributed by atoms with Crippen LogP contribution in [0.5, 0.6) is 11.5 Å². The number of nitrogens with zero attached hydrogens (tertiary/aromatic N) is 1. The summed E-state index contributed by atoms with van der Waals surface area (Å²) in [6.07, 6.45) is 0. The molecule has 0 bridgehead atoms. The molecule has 0 saturated carbocycles. The molecule has 0 fully saturated rings. The Hall–Kier alpha value is -3.09. The fourth-order valence-electron chi connectivity index (χ4n) is 2.00. The van der Waals surface area contributed by atoms with Gasteiger partial charge >= 0.3 is 0 Å². The summed E-state index contributed by atoms with van der Waals surface area (Å²) in [5.74, 6) is 0.0167. The van der Waals surface area contributed by atoms with Gasteiger partial charge in [0, 0.05) is 11.3 Å². The third-order valence-corrected chi connectivity index (χ3v) is 3.14. The minimum absolute atomic E-state index is 0.222. The van der Waals surface area contributed by atoms with E-state index in [1.165, 1.54) is 13.2 Å². The quantitative estimate of drug-likeness (QED) is 0.818. The average Bonchev–Trinajstić information content (AvgIpc) is 2.60. The van der Waals surface area contributed by atoms with Gasteiger partial charge in [0.1, 0.15) is 5.69 Å². The Morgan fingerprint density at radius 2 is 1.83 bits per heavy atom. The zero-order valence-electron chi connectivity index (χ0n) is 13.8. The van der Waals surface area contributed by atoms with Crippen molar-refractivity contribution in [1.29, 1.82) is 0 Å². The van der Waals surface area contributed by atoms with E-state index in [4.69, 9.17) is 9.47 Å². The molecule has 0 spiro atoms. The van der Waals surface area contributed by atoms with E-state index in [2.05, 4.69) is 15.8 Å². The molecular weight excluding hydrogens is 310 g/mol. The second-order valence-electron chi connectivity index (χ2n) is 4.87. The van der Waals surface area contributed by atoms with Crippen LogP contribution < -0.4 is 20.3 Å². The lowest BCUT2D eigenvalue weighted by molar-refractivity contribution is 0.0843. The van der Waals surface area contributed by atoms with Crippen LogP contribution in [-0.4, -0.2) is 30.5 Å². The second-order valence-corrected chi connectivity index (χ2v) is 4.87. The molecule has 0 atom stereocenters. The Morgan fingerprint density at radius 1 is 1.08 bits per heavy atom. The van der Waals surface area contributed by atoms with Gasteiger partial charge in [-0.25, -0.2) is 4.98 Å². The molecule has 1 heterocycles. The maximum absolute atomic E-state index is 12.1. The summed E-state index contributed by atoms with van der Waals surface area (Å²) in [7, 11) is 1.49. The van der Waals surface area contributed by atoms with Crippen LogP contribution in [0.3, 0.4) is 0 Å². The Labute approximate surface area is 140 Å². The fraction of sp³-hybridized carbons (Fsp3) is 0.235. The Kier molecular flexibility index (Phi) is 5.73. The number of hydrazine groups is 1. The van der Waals surface area contributed by atoms with Gasteiger partial charge in [0.15, 0.2) is 11.5 Å². The number of hydrogen-bond donors (Lipinski definition) is 2. The molecule has 0 radical (unpaired) electrons. The summed E-state index contributed by atoms with van der Waals surface area (Å²) in [6.45, 7) is 4.12. The number of amides is 2. The number of benzene rings is 1. The first-order valence-electron chi connectivity index (χ1n) is 7.40. The standard InChI is InChI=1S/C17H19N3O4/c1-4-24-14-9-8-12(10-15(14)23-3)16(21)19-20-17(22)13-7-5-6-11(2)18-13/h5-10H,4H2,1-3H3,(H,19,21)(H,20,22). The van der Waals surface area contributed by atoms with Gasteiger partial charge in [-0.1, -0.05) is 6.07 Å². The maximum atomic E-state index is 12.1. The number of rotatable bonds is 5. The molecule has 0 aliphatic heterocycles. The molecule has 126 valence electrons. The lowest BCUT2D eigenvalue weighted by atomic mass is 10.2. The monoisotopic (exact) mass is 329 g/mol. The molecule has 7 heteroatoms. The lowest BCUT2D eigenvalue weighted by Crippen LogP contribution is -2.42. The zero-order valence-corrected chi connectivity index (χ0v) is 13.8. The van der Waals surface area contributed by atoms with Crippen LogP contribution >= 0.6 is 0 Å². The number of ether oxygens (including phenoxy) is 2. The summed E-state index contributed by atoms with van der Waals surface area (Å²) >= 11 is 0. The normalized spacial score (nSPS) is 9.96. The summed E-state index contributed by atoms with van der Waals surface area (Å²) < 4.78 is 10.6. The third-order valence-electron chi connectivity index (χ3n) is 3.14. The van der Waals surface area contributed by atoms with Crippen molar-refractivity contribution >= 4 is 11.8 Å². The Morgan fingerprint density at radius 3 is 2.50 bits per heavy atom. The van der Waals surface area contributed by atoms with Crippen molar-refractivity contribution < 1.29 is 19.1 Å². The molecule has 2 amide bonds. The largest absolute Gasteiger partial charge is 0.493 e. The van der Waals surface area contributed by atoms with E-state index in [1.54, 1.807) is 37.3 Å². The molecule has 0 aliphatic rings. The molecule has 0 aliphatic carbocycles. The van der Waals surface area contributed by atoms with E-state index in [1.807, 2.05) is 6.92 Å². The smallest absolute Gasteiger partial charge is 0.288 e. The first-order chi connectivity index (χ1) is 11.5. The molecule has 2 N–H and O–H groups in total. The predicted octanol–water partition coefficient (Wildman–Crippen LogP) is 1.87. The van der Waals surface area contributed by atoms with Crippen LogP contribution in [0.4, 0.5) is 0 Å². The number of carbonyl (C=O) groups excluding carboxylic acids is 2. The predicted molar refractivity (Wildman–Crippen MR) is 88.1 cm³/mol. The topological polar surface area (TPSA) is 89.6 Å². The molecule has 0 saturated heterocycles. The SMILES string of the molecule is CCOc1ccc(C(=O)NNC(=O)c2cccc(C)n2)cc1OC. The molecule has 2 aromatic rings. The molecular formula is C17H19N3O4. The Bertz CT molecular complexity index is 746. The van der Waals surface area contributed by atoms with E-state index in [9.17, 15) is 9.59 Å². The summed E-state index contributed by atoms with van der Waals surface area (Å²) in [4.78, 5) is 28.2. The highest BCUT2D eigenvalue weighted by atomic mass is 16.5. The molecule has 0 unspecified atom stereocenters. The first kappa shape index (κ1) is 17.3. The Balaban J connectivity index is 2.03. The third kappa shape index (κ3) is 4.22. The van der Waals surface area contributed by atoms with Crippen LogP contribution in [0.25, 0.3) is 0 Å². The molecule has 1 aromatic heterocycles. The lowest BCUT2D eigenvalue weighted by Gasteiger charge is -2.11. The van der Waals surface area contributed by atoms with Crippen molar-refractivity contribution in [2.24, 2.45) is 0 Å². The van der Waals surface area contributed by atoms with Crippen LogP contribution in [0.15, 0.2) is 36.4 Å². The van der Waals surface area contributed by atoms with Crippen LogP contribution in [0.1, 0.15) is 33.5 Å². The van der Waals surface area contributed by atoms with Crippen LogP contribution in [0, 0.1) is 6.92 Å². The van der Waals surface area contributed by atoms with E-state index >= 15 is 0 Å². The highest BCUT2D eigenvalue weighted by molar-refractivity contribution is 5.98. The summed E-state index contributed by atoms with van der Waals surface area (Å²) in [5, 5.41) is 0. The number of methoxy groups -OCH3 is 1. The number of aryl methyl sites for hydroxylation is 1. The van der Waals surface area contributed by atoms with Gasteiger partial charge in [-0.05, 0) is 44.2 Å². The van der Waals surface area contributed by atoms with Gasteiger partial charge < -0.3 is 9.47 Å². The summed E-state index contributed by atoms with van der Waals surface area (Å²) in [6, 6.07) is 9.82. The van der Waals surface area contributed by atoms with Crippen molar-refractivity contribution in [2.45, 2.75) is 13.8 Å². The first-order valence-corrected chi connectivity index (χ1v) is 7.40. The van der Waals surface area contributed by atoms with Crippen LogP contribution in [-0.2, 0) is 0 Å². The maximum Gasteiger partial charge on any atom is 0.288 e. The molecule has 1 aromatic carbocycles. The second kappa shape index (κ2) is 7.96. The minimum atomic E-state index is -0.495. The average molecular weight is 329 g/mol. The van der Waals surface area contributed by atoms with Gasteiger partial charge in [0.25, 0.3) is 11.8 Å². The zero-order chi connectivity index (χ0) is 17.5. The molecule has 7 nitrogen and oxygen atoms in total. The van der Waals surface area contributed by atoms with Gasteiger partial charge in [-0.2, -0.15) is 0 Å². The number of nitrogens with one attached hydrogen (secondary N) is 2. The summed E-state index contributed by atoms with van der Waals surface area (Å²) in [5.41, 5.74) is 5.93. The van der Waals surface area contributed by atoms with Gasteiger partial charge in [-0.3, -0.25) is 20.4 Å². The number of pyridine rings is 1. The van der Waals surface area contributed by atoms with E-state index in [0.717, 1.165) is 0 Å². The minimum Gasteiger partial charge on any atom is -0.493 e. The van der Waals surface area contributed by atoms with Gasteiger partial charge in [0.05, 0.1) is 13.7 Å². The van der Waals surface area contributed by atoms with Crippen molar-refractivity contribution in [2.75, 3.05) is 13.7 Å². The van der Waals surface area contributed by atoms with Crippen molar-refractivity contribution in [3.05, 3.63) is 53.3 Å². The molecule has 24 heavy (non-hydrogen) atoms. The van der Waals surface area contributed by atoms with Gasteiger partial charge in [0.2, 0.25) is 0 Å². The fourth-order valence-corrected chi connectivity index (χ4v) is 2.00. The van der Waals surface area contributed by atoms with E-state index < -0.39 is 11.8 Å². The van der Waals surface area contributed by atoms with Crippen molar-refractivity contribution in [3.63, 3.8) is 0 Å². The van der Waals surface area contributed by atoms with E-state index in [-0.39, 0.29) is 5.69 Å². The number of carbonyl (C=O) groups is 2. The number of hydrogen-bond acceptors (Lipinski definition) is 5. The van der Waals surface area contributed by atoms with Crippen molar-refractivity contribution in [3.8, 4) is 11.5 Å². The number of aromatic nitrogens is 1. The van der Waals surface area contributed by atoms with E-state index in [0.29, 0.717) is 29.4 Å². The molecule has 2 rings (SSSR count). The van der Waals surface area contributed by atoms with Crippen molar-refractivity contribution in [1.82, 2.24) is 15.8 Å². The highest BCUT2D eigenvalue weighted by Gasteiger charge is 2.13. The van der Waals surface area contributed by atoms with Gasteiger partial charge in [-0.15, -0.1) is 0 Å². The van der Waals surface area contributed by atoms with Crippen LogP contribution in [0.2, 0.25) is 0 Å².